The predicted molar refractivity (Wildman–Crippen MR) is 126 cm³/mol. The molecule has 1 saturated heterocycles. The molecule has 1 fully saturated rings. The van der Waals surface area contributed by atoms with Crippen LogP contribution in [-0.2, 0) is 11.2 Å². The van der Waals surface area contributed by atoms with Gasteiger partial charge in [0.2, 0.25) is 5.91 Å². The lowest BCUT2D eigenvalue weighted by Gasteiger charge is -2.34. The van der Waals surface area contributed by atoms with Gasteiger partial charge < -0.3 is 20.5 Å². The molecule has 3 rings (SSSR count). The summed E-state index contributed by atoms with van der Waals surface area (Å²) in [6.07, 6.45) is 5.74. The highest BCUT2D eigenvalue weighted by molar-refractivity contribution is 14.0. The molecule has 1 aliphatic rings. The van der Waals surface area contributed by atoms with E-state index in [0.717, 1.165) is 51.4 Å². The molecule has 2 aromatic rings. The Morgan fingerprint density at radius 2 is 2.04 bits per heavy atom. The number of likely N-dealkylation sites (tertiary alicyclic amines) is 1. The summed E-state index contributed by atoms with van der Waals surface area (Å²) in [5.74, 6) is 1.62. The number of fused-ring (bicyclic) bond motifs is 1. The first kappa shape index (κ1) is 22.5. The summed E-state index contributed by atoms with van der Waals surface area (Å²) in [6.45, 7) is 5.65. The van der Waals surface area contributed by atoms with E-state index in [2.05, 4.69) is 57.9 Å². The molecular formula is C21H32IN5O. The van der Waals surface area contributed by atoms with Gasteiger partial charge in [0.05, 0.1) is 0 Å². The summed E-state index contributed by atoms with van der Waals surface area (Å²) in [5.41, 5.74) is 2.50. The molecule has 7 heteroatoms. The third-order valence-corrected chi connectivity index (χ3v) is 5.32. The van der Waals surface area contributed by atoms with Gasteiger partial charge >= 0.3 is 0 Å². The molecule has 0 radical (unpaired) electrons. The lowest BCUT2D eigenvalue weighted by molar-refractivity contribution is -0.121. The molecule has 28 heavy (non-hydrogen) atoms. The van der Waals surface area contributed by atoms with Gasteiger partial charge in [-0.2, -0.15) is 0 Å². The highest BCUT2D eigenvalue weighted by atomic mass is 127. The number of amides is 1. The maximum Gasteiger partial charge on any atom is 0.220 e. The van der Waals surface area contributed by atoms with Gasteiger partial charge in [-0.05, 0) is 43.7 Å². The number of guanidine groups is 1. The standard InChI is InChI=1S/C21H31N5O.HI/c1-3-23-21(26-12-9-16(10-13-26)14-20(27)22-2)24-11-8-17-15-25-19-7-5-4-6-18(17)19;/h4-7,15-16,25H,3,8-14H2,1-2H3,(H,22,27)(H,23,24);1H. The molecule has 6 nitrogen and oxygen atoms in total. The van der Waals surface area contributed by atoms with Crippen molar-refractivity contribution in [3.8, 4) is 0 Å². The van der Waals surface area contributed by atoms with Crippen molar-refractivity contribution in [2.24, 2.45) is 10.9 Å². The minimum atomic E-state index is 0. The van der Waals surface area contributed by atoms with Crippen LogP contribution in [0.4, 0.5) is 0 Å². The Morgan fingerprint density at radius 3 is 2.75 bits per heavy atom. The van der Waals surface area contributed by atoms with Crippen LogP contribution in [0.15, 0.2) is 35.5 Å². The summed E-state index contributed by atoms with van der Waals surface area (Å²) in [6, 6.07) is 8.40. The minimum absolute atomic E-state index is 0. The topological polar surface area (TPSA) is 72.5 Å². The number of nitrogens with one attached hydrogen (secondary N) is 3. The average Bonchev–Trinajstić information content (AvgIpc) is 3.11. The predicted octanol–water partition coefficient (Wildman–Crippen LogP) is 3.14. The number of hydrogen-bond donors (Lipinski definition) is 3. The van der Waals surface area contributed by atoms with E-state index in [1.54, 1.807) is 7.05 Å². The van der Waals surface area contributed by atoms with Gasteiger partial charge in [0, 0.05) is 56.7 Å². The number of benzene rings is 1. The number of H-pyrrole nitrogens is 1. The second kappa shape index (κ2) is 11.3. The molecule has 3 N–H and O–H groups in total. The number of carbonyl (C=O) groups is 1. The Hall–Kier alpha value is -1.77. The molecule has 0 bridgehead atoms. The molecule has 1 aromatic carbocycles. The number of carbonyl (C=O) groups excluding carboxylic acids is 1. The maximum absolute atomic E-state index is 11.6. The van der Waals surface area contributed by atoms with E-state index >= 15 is 0 Å². The number of rotatable bonds is 6. The number of piperidine rings is 1. The zero-order valence-corrected chi connectivity index (χ0v) is 19.2. The van der Waals surface area contributed by atoms with Crippen LogP contribution >= 0.6 is 24.0 Å². The van der Waals surface area contributed by atoms with Gasteiger partial charge in [0.25, 0.3) is 0 Å². The Balaban J connectivity index is 0.00000280. The zero-order chi connectivity index (χ0) is 19.1. The second-order valence-corrected chi connectivity index (χ2v) is 7.15. The van der Waals surface area contributed by atoms with E-state index in [0.29, 0.717) is 12.3 Å². The second-order valence-electron chi connectivity index (χ2n) is 7.15. The van der Waals surface area contributed by atoms with E-state index in [9.17, 15) is 4.79 Å². The van der Waals surface area contributed by atoms with Crippen LogP contribution in [0, 0.1) is 5.92 Å². The Labute approximate surface area is 184 Å². The van der Waals surface area contributed by atoms with E-state index in [4.69, 9.17) is 4.99 Å². The van der Waals surface area contributed by atoms with E-state index in [-0.39, 0.29) is 29.9 Å². The fraction of sp³-hybridized carbons (Fsp3) is 0.524. The SMILES string of the molecule is CCNC(=NCCc1c[nH]c2ccccc12)N1CCC(CC(=O)NC)CC1.I. The molecule has 1 amide bonds. The van der Waals surface area contributed by atoms with E-state index in [1.165, 1.54) is 16.5 Å². The van der Waals surface area contributed by atoms with Crippen LogP contribution < -0.4 is 10.6 Å². The normalized spacial score (nSPS) is 15.4. The van der Waals surface area contributed by atoms with Gasteiger partial charge in [-0.3, -0.25) is 9.79 Å². The molecule has 1 aromatic heterocycles. The fourth-order valence-electron chi connectivity index (χ4n) is 3.76. The third kappa shape index (κ3) is 5.86. The number of aliphatic imine (C=N–C) groups is 1. The molecule has 1 aliphatic heterocycles. The summed E-state index contributed by atoms with van der Waals surface area (Å²) >= 11 is 0. The Kier molecular flexibility index (Phi) is 9.08. The van der Waals surface area contributed by atoms with Gasteiger partial charge in [0.1, 0.15) is 0 Å². The van der Waals surface area contributed by atoms with Crippen molar-refractivity contribution in [2.45, 2.75) is 32.6 Å². The Bertz CT molecular complexity index is 780. The summed E-state index contributed by atoms with van der Waals surface area (Å²) < 4.78 is 0. The van der Waals surface area contributed by atoms with Crippen molar-refractivity contribution in [1.82, 2.24) is 20.5 Å². The third-order valence-electron chi connectivity index (χ3n) is 5.32. The van der Waals surface area contributed by atoms with E-state index in [1.807, 2.05) is 0 Å². The van der Waals surface area contributed by atoms with E-state index < -0.39 is 0 Å². The smallest absolute Gasteiger partial charge is 0.220 e. The van der Waals surface area contributed by atoms with Crippen molar-refractivity contribution < 1.29 is 4.79 Å². The molecule has 0 saturated carbocycles. The quantitative estimate of drug-likeness (QED) is 0.326. The maximum atomic E-state index is 11.6. The highest BCUT2D eigenvalue weighted by Crippen LogP contribution is 2.21. The van der Waals surface area contributed by atoms with Gasteiger partial charge in [-0.15, -0.1) is 24.0 Å². The molecule has 0 spiro atoms. The molecule has 0 unspecified atom stereocenters. The van der Waals surface area contributed by atoms with Crippen molar-refractivity contribution in [3.05, 3.63) is 36.0 Å². The fourth-order valence-corrected chi connectivity index (χ4v) is 3.76. The number of aromatic amines is 1. The first-order valence-corrected chi connectivity index (χ1v) is 10.00. The van der Waals surface area contributed by atoms with Crippen LogP contribution in [0.1, 0.15) is 31.7 Å². The van der Waals surface area contributed by atoms with Crippen molar-refractivity contribution in [2.75, 3.05) is 33.2 Å². The van der Waals surface area contributed by atoms with Crippen LogP contribution in [-0.4, -0.2) is 55.0 Å². The van der Waals surface area contributed by atoms with Crippen LogP contribution in [0.2, 0.25) is 0 Å². The van der Waals surface area contributed by atoms with Crippen molar-refractivity contribution >= 4 is 46.7 Å². The number of nitrogens with zero attached hydrogens (tertiary/aromatic N) is 2. The summed E-state index contributed by atoms with van der Waals surface area (Å²) in [4.78, 5) is 22.1. The average molecular weight is 497 g/mol. The molecular weight excluding hydrogens is 465 g/mol. The van der Waals surface area contributed by atoms with Crippen molar-refractivity contribution in [3.63, 3.8) is 0 Å². The number of para-hydroxylation sites is 1. The van der Waals surface area contributed by atoms with Crippen molar-refractivity contribution in [1.29, 1.82) is 0 Å². The zero-order valence-electron chi connectivity index (χ0n) is 16.8. The van der Waals surface area contributed by atoms with Crippen LogP contribution in [0.5, 0.6) is 0 Å². The number of aromatic nitrogens is 1. The molecule has 0 atom stereocenters. The van der Waals surface area contributed by atoms with Gasteiger partial charge in [-0.25, -0.2) is 0 Å². The Morgan fingerprint density at radius 1 is 1.29 bits per heavy atom. The van der Waals surface area contributed by atoms with Gasteiger partial charge in [-0.1, -0.05) is 18.2 Å². The highest BCUT2D eigenvalue weighted by Gasteiger charge is 2.23. The monoisotopic (exact) mass is 497 g/mol. The molecule has 2 heterocycles. The lowest BCUT2D eigenvalue weighted by Crippen LogP contribution is -2.46. The molecule has 154 valence electrons. The number of hydrogen-bond acceptors (Lipinski definition) is 2. The van der Waals surface area contributed by atoms with Crippen LogP contribution in [0.25, 0.3) is 10.9 Å². The summed E-state index contributed by atoms with van der Waals surface area (Å²) in [5, 5.41) is 7.44. The van der Waals surface area contributed by atoms with Gasteiger partial charge in [0.15, 0.2) is 5.96 Å². The largest absolute Gasteiger partial charge is 0.361 e. The number of halogens is 1. The van der Waals surface area contributed by atoms with Crippen LogP contribution in [0.3, 0.4) is 0 Å². The first-order valence-electron chi connectivity index (χ1n) is 10.00. The summed E-state index contributed by atoms with van der Waals surface area (Å²) in [7, 11) is 1.71. The lowest BCUT2D eigenvalue weighted by atomic mass is 9.93. The molecule has 0 aliphatic carbocycles. The minimum Gasteiger partial charge on any atom is -0.361 e. The first-order chi connectivity index (χ1) is 13.2.